The maximum Gasteiger partial charge on any atom is 0.331 e. The van der Waals surface area contributed by atoms with Gasteiger partial charge in [0.2, 0.25) is 0 Å². The summed E-state index contributed by atoms with van der Waals surface area (Å²) in [6.45, 7) is 12.2. The molecule has 0 aliphatic carbocycles. The fraction of sp³-hybridized carbons (Fsp3) is 0.765. The summed E-state index contributed by atoms with van der Waals surface area (Å²) < 4.78 is 10.6. The van der Waals surface area contributed by atoms with Gasteiger partial charge in [-0.05, 0) is 22.8 Å². The number of halogens is 1. The lowest BCUT2D eigenvalue weighted by molar-refractivity contribution is -0.153. The second-order valence-electron chi connectivity index (χ2n) is 7.19. The number of alkyl halides is 1. The van der Waals surface area contributed by atoms with Gasteiger partial charge in [0, 0.05) is 18.9 Å². The molecule has 0 amide bonds. The average molecular weight is 331 g/mol. The van der Waals surface area contributed by atoms with Crippen LogP contribution < -0.4 is 0 Å². The number of hydrogen-bond acceptors (Lipinski definition) is 4. The van der Waals surface area contributed by atoms with E-state index < -0.39 is 6.10 Å². The summed E-state index contributed by atoms with van der Waals surface area (Å²) in [5.41, 5.74) is 0.452. The molecular weight excluding hydrogens is 304 g/mol. The molecule has 0 bridgehead atoms. The molecule has 1 heterocycles. The number of rotatable bonds is 6. The highest BCUT2D eigenvalue weighted by molar-refractivity contribution is 6.18. The molecule has 0 spiro atoms. The lowest BCUT2D eigenvalue weighted by Gasteiger charge is -2.48. The predicted octanol–water partition coefficient (Wildman–Crippen LogP) is 3.72. The van der Waals surface area contributed by atoms with Gasteiger partial charge in [0.1, 0.15) is 12.7 Å². The van der Waals surface area contributed by atoms with E-state index in [0.29, 0.717) is 6.61 Å². The first-order valence-corrected chi connectivity index (χ1v) is 8.20. The SMILES string of the molecule is CC[C@](C)(C1=CC(=O)OC1)C([C@@H](CCl)OC(C)=O)C(C)(C)C. The van der Waals surface area contributed by atoms with Crippen molar-refractivity contribution >= 4 is 23.5 Å². The maximum atomic E-state index is 11.5. The molecule has 1 rings (SSSR count). The monoisotopic (exact) mass is 330 g/mol. The minimum Gasteiger partial charge on any atom is -0.461 e. The van der Waals surface area contributed by atoms with Crippen molar-refractivity contribution < 1.29 is 19.1 Å². The van der Waals surface area contributed by atoms with Crippen LogP contribution in [0.1, 0.15) is 48.0 Å². The first kappa shape index (κ1) is 19.0. The zero-order chi connectivity index (χ0) is 17.1. The topological polar surface area (TPSA) is 52.6 Å². The minimum atomic E-state index is -0.416. The zero-order valence-corrected chi connectivity index (χ0v) is 15.1. The Morgan fingerprint density at radius 3 is 2.32 bits per heavy atom. The molecule has 1 unspecified atom stereocenters. The van der Waals surface area contributed by atoms with Crippen LogP contribution in [-0.2, 0) is 19.1 Å². The standard InChI is InChI=1S/C17H27ClO4/c1-7-17(6,12-8-14(20)21-10-12)15(16(3,4)5)13(9-18)22-11(2)19/h8,13,15H,7,9-10H2,1-6H3/t13-,15?,17-/m1/s1. The Morgan fingerprint density at radius 2 is 2.00 bits per heavy atom. The highest BCUT2D eigenvalue weighted by Crippen LogP contribution is 2.50. The Labute approximate surface area is 138 Å². The van der Waals surface area contributed by atoms with Crippen molar-refractivity contribution in [2.24, 2.45) is 16.7 Å². The number of carbonyl (C=O) groups excluding carboxylic acids is 2. The summed E-state index contributed by atoms with van der Waals surface area (Å²) in [5, 5.41) is 0. The molecule has 3 atom stereocenters. The quantitative estimate of drug-likeness (QED) is 0.550. The van der Waals surface area contributed by atoms with Crippen molar-refractivity contribution in [3.8, 4) is 0 Å². The Bertz CT molecular complexity index is 464. The van der Waals surface area contributed by atoms with Crippen LogP contribution in [-0.4, -0.2) is 30.5 Å². The van der Waals surface area contributed by atoms with Gasteiger partial charge in [-0.1, -0.05) is 34.6 Å². The van der Waals surface area contributed by atoms with E-state index in [0.717, 1.165) is 12.0 Å². The number of hydrogen-bond donors (Lipinski definition) is 0. The van der Waals surface area contributed by atoms with Crippen LogP contribution in [0.3, 0.4) is 0 Å². The number of cyclic esters (lactones) is 1. The molecule has 1 aliphatic heterocycles. The van der Waals surface area contributed by atoms with Gasteiger partial charge in [-0.2, -0.15) is 0 Å². The molecule has 22 heavy (non-hydrogen) atoms. The van der Waals surface area contributed by atoms with Crippen molar-refractivity contribution in [1.29, 1.82) is 0 Å². The van der Waals surface area contributed by atoms with E-state index in [1.165, 1.54) is 6.92 Å². The Balaban J connectivity index is 3.31. The summed E-state index contributed by atoms with van der Waals surface area (Å²) in [6, 6.07) is 0. The van der Waals surface area contributed by atoms with Crippen molar-refractivity contribution in [2.75, 3.05) is 12.5 Å². The molecule has 126 valence electrons. The third-order valence-electron chi connectivity index (χ3n) is 4.59. The predicted molar refractivity (Wildman–Crippen MR) is 86.7 cm³/mol. The lowest BCUT2D eigenvalue weighted by Crippen LogP contribution is -2.47. The fourth-order valence-corrected chi connectivity index (χ4v) is 3.92. The molecule has 0 aromatic carbocycles. The second-order valence-corrected chi connectivity index (χ2v) is 7.50. The largest absolute Gasteiger partial charge is 0.461 e. The van der Waals surface area contributed by atoms with Crippen LogP contribution in [0.25, 0.3) is 0 Å². The Morgan fingerprint density at radius 1 is 1.41 bits per heavy atom. The lowest BCUT2D eigenvalue weighted by atomic mass is 9.58. The molecule has 0 aromatic rings. The molecular formula is C17H27ClO4. The van der Waals surface area contributed by atoms with Gasteiger partial charge in [-0.25, -0.2) is 4.79 Å². The molecule has 1 aliphatic rings. The van der Waals surface area contributed by atoms with Crippen LogP contribution in [0.4, 0.5) is 0 Å². The average Bonchev–Trinajstić information content (AvgIpc) is 2.82. The normalized spacial score (nSPS) is 20.7. The van der Waals surface area contributed by atoms with Crippen LogP contribution in [0.15, 0.2) is 11.6 Å². The van der Waals surface area contributed by atoms with Gasteiger partial charge in [0.15, 0.2) is 0 Å². The third-order valence-corrected chi connectivity index (χ3v) is 4.89. The Kier molecular flexibility index (Phi) is 6.08. The molecule has 0 aromatic heterocycles. The van der Waals surface area contributed by atoms with Crippen LogP contribution in [0, 0.1) is 16.7 Å². The fourth-order valence-electron chi connectivity index (χ4n) is 3.68. The van der Waals surface area contributed by atoms with Crippen LogP contribution >= 0.6 is 11.6 Å². The van der Waals surface area contributed by atoms with Gasteiger partial charge in [0.25, 0.3) is 0 Å². The van der Waals surface area contributed by atoms with Gasteiger partial charge < -0.3 is 9.47 Å². The van der Waals surface area contributed by atoms with Crippen molar-refractivity contribution in [3.05, 3.63) is 11.6 Å². The number of esters is 2. The molecule has 0 saturated heterocycles. The van der Waals surface area contributed by atoms with E-state index in [9.17, 15) is 9.59 Å². The zero-order valence-electron chi connectivity index (χ0n) is 14.4. The van der Waals surface area contributed by atoms with E-state index in [4.69, 9.17) is 21.1 Å². The minimum absolute atomic E-state index is 0.0350. The summed E-state index contributed by atoms with van der Waals surface area (Å²) in [4.78, 5) is 23.0. The van der Waals surface area contributed by atoms with Gasteiger partial charge >= 0.3 is 11.9 Å². The maximum absolute atomic E-state index is 11.5. The molecule has 5 heteroatoms. The van der Waals surface area contributed by atoms with Crippen molar-refractivity contribution in [1.82, 2.24) is 0 Å². The molecule has 0 radical (unpaired) electrons. The first-order chi connectivity index (χ1) is 10.1. The summed E-state index contributed by atoms with van der Waals surface area (Å²) >= 11 is 6.12. The van der Waals surface area contributed by atoms with Gasteiger partial charge in [-0.15, -0.1) is 11.6 Å². The van der Waals surface area contributed by atoms with Crippen LogP contribution in [0.5, 0.6) is 0 Å². The summed E-state index contributed by atoms with van der Waals surface area (Å²) in [6.07, 6.45) is 1.95. The highest BCUT2D eigenvalue weighted by Gasteiger charge is 2.49. The van der Waals surface area contributed by atoms with E-state index in [1.54, 1.807) is 6.08 Å². The molecule has 4 nitrogen and oxygen atoms in total. The first-order valence-electron chi connectivity index (χ1n) is 7.67. The van der Waals surface area contributed by atoms with Crippen molar-refractivity contribution in [3.63, 3.8) is 0 Å². The smallest absolute Gasteiger partial charge is 0.331 e. The third kappa shape index (κ3) is 4.03. The highest BCUT2D eigenvalue weighted by atomic mass is 35.5. The number of ether oxygens (including phenoxy) is 2. The van der Waals surface area contributed by atoms with Crippen LogP contribution in [0.2, 0.25) is 0 Å². The summed E-state index contributed by atoms with van der Waals surface area (Å²) in [7, 11) is 0. The number of carbonyl (C=O) groups is 2. The van der Waals surface area contributed by atoms with Crippen molar-refractivity contribution in [2.45, 2.75) is 54.1 Å². The molecule has 0 N–H and O–H groups in total. The van der Waals surface area contributed by atoms with E-state index >= 15 is 0 Å². The van der Waals surface area contributed by atoms with E-state index in [1.807, 2.05) is 0 Å². The second kappa shape index (κ2) is 7.03. The summed E-state index contributed by atoms with van der Waals surface area (Å²) in [5.74, 6) is -0.463. The molecule has 0 fully saturated rings. The van der Waals surface area contributed by atoms with Gasteiger partial charge in [-0.3, -0.25) is 4.79 Å². The van der Waals surface area contributed by atoms with E-state index in [2.05, 4.69) is 34.6 Å². The van der Waals surface area contributed by atoms with Gasteiger partial charge in [0.05, 0.1) is 5.88 Å². The molecule has 0 saturated carbocycles. The van der Waals surface area contributed by atoms with E-state index in [-0.39, 0.29) is 34.6 Å². The Hall–Kier alpha value is -1.03.